The number of nitrogens with zero attached hydrogens (tertiary/aromatic N) is 1. The van der Waals surface area contributed by atoms with Crippen molar-refractivity contribution in [3.05, 3.63) is 28.7 Å². The van der Waals surface area contributed by atoms with E-state index in [2.05, 4.69) is 20.9 Å². The van der Waals surface area contributed by atoms with Crippen LogP contribution in [0.4, 0.5) is 5.69 Å². The van der Waals surface area contributed by atoms with Crippen LogP contribution in [0.5, 0.6) is 0 Å². The number of carboxylic acid groups (broad SMARTS) is 1. The van der Waals surface area contributed by atoms with E-state index in [1.165, 1.54) is 0 Å². The van der Waals surface area contributed by atoms with Crippen LogP contribution < -0.4 is 5.73 Å². The van der Waals surface area contributed by atoms with E-state index in [0.29, 0.717) is 17.9 Å². The lowest BCUT2D eigenvalue weighted by Crippen LogP contribution is -2.31. The predicted molar refractivity (Wildman–Crippen MR) is 80.9 cm³/mol. The van der Waals surface area contributed by atoms with Crippen LogP contribution in [0.15, 0.2) is 33.7 Å². The topological polar surface area (TPSA) is 84.9 Å². The zero-order chi connectivity index (χ0) is 14.3. The van der Waals surface area contributed by atoms with Gasteiger partial charge >= 0.3 is 5.97 Å². The summed E-state index contributed by atoms with van der Waals surface area (Å²) >= 11 is 4.86. The van der Waals surface area contributed by atoms with E-state index in [0.717, 1.165) is 4.47 Å². The lowest BCUT2D eigenvalue weighted by Gasteiger charge is -2.13. The van der Waals surface area contributed by atoms with Crippen LogP contribution >= 0.6 is 27.7 Å². The number of carboxylic acids is 1. The minimum Gasteiger partial charge on any atom is -0.479 e. The smallest absolute Gasteiger partial charge is 0.345 e. The molecule has 0 saturated heterocycles. The molecule has 1 atom stereocenters. The first-order valence-corrected chi connectivity index (χ1v) is 7.69. The van der Waals surface area contributed by atoms with Gasteiger partial charge in [-0.2, -0.15) is 16.8 Å². The summed E-state index contributed by atoms with van der Waals surface area (Å²) in [5.41, 5.74) is 6.21. The van der Waals surface area contributed by atoms with Crippen LogP contribution in [-0.2, 0) is 9.53 Å². The van der Waals surface area contributed by atoms with Crippen LogP contribution in [0, 0.1) is 0 Å². The number of aliphatic imine (C=N–C) groups is 1. The number of benzene rings is 1. The van der Waals surface area contributed by atoms with Gasteiger partial charge in [0.15, 0.2) is 6.10 Å². The lowest BCUT2D eigenvalue weighted by molar-refractivity contribution is -0.145. The molecule has 7 heteroatoms. The summed E-state index contributed by atoms with van der Waals surface area (Å²) < 4.78 is 6.08. The van der Waals surface area contributed by atoms with E-state index in [9.17, 15) is 4.79 Å². The fourth-order valence-corrected chi connectivity index (χ4v) is 1.99. The Morgan fingerprint density at radius 2 is 2.16 bits per heavy atom. The second-order valence-electron chi connectivity index (χ2n) is 3.65. The SMILES string of the molecule is CSCCC(OC(N)=Nc1ccc(Br)cc1)C(=O)O. The molecule has 1 aromatic rings. The van der Waals surface area contributed by atoms with Crippen LogP contribution in [0.2, 0.25) is 0 Å². The average Bonchev–Trinajstić information content (AvgIpc) is 2.37. The molecule has 0 aliphatic carbocycles. The van der Waals surface area contributed by atoms with Crippen LogP contribution in [0.3, 0.4) is 0 Å². The minimum atomic E-state index is -1.04. The van der Waals surface area contributed by atoms with Gasteiger partial charge in [0.25, 0.3) is 6.02 Å². The third kappa shape index (κ3) is 5.98. The highest BCUT2D eigenvalue weighted by Gasteiger charge is 2.19. The number of hydrogen-bond acceptors (Lipinski definition) is 4. The van der Waals surface area contributed by atoms with Gasteiger partial charge < -0.3 is 15.6 Å². The quantitative estimate of drug-likeness (QED) is 0.610. The Morgan fingerprint density at radius 1 is 1.53 bits per heavy atom. The normalized spacial score (nSPS) is 13.1. The third-order valence-electron chi connectivity index (χ3n) is 2.19. The summed E-state index contributed by atoms with van der Waals surface area (Å²) in [6.45, 7) is 0. The fourth-order valence-electron chi connectivity index (χ4n) is 1.27. The maximum absolute atomic E-state index is 11.0. The summed E-state index contributed by atoms with van der Waals surface area (Å²) in [5, 5.41) is 9.00. The first-order chi connectivity index (χ1) is 9.02. The summed E-state index contributed by atoms with van der Waals surface area (Å²) in [6.07, 6.45) is 1.32. The monoisotopic (exact) mass is 346 g/mol. The molecule has 104 valence electrons. The largest absolute Gasteiger partial charge is 0.479 e. The maximum atomic E-state index is 11.0. The van der Waals surface area contributed by atoms with Gasteiger partial charge in [-0.05, 0) is 36.3 Å². The number of amidine groups is 1. The highest BCUT2D eigenvalue weighted by atomic mass is 79.9. The molecule has 0 bridgehead atoms. The van der Waals surface area contributed by atoms with E-state index in [1.54, 1.807) is 23.9 Å². The molecule has 0 aliphatic rings. The van der Waals surface area contributed by atoms with Gasteiger partial charge in [-0.1, -0.05) is 15.9 Å². The second kappa shape index (κ2) is 8.06. The zero-order valence-electron chi connectivity index (χ0n) is 10.4. The number of thioether (sulfide) groups is 1. The summed E-state index contributed by atoms with van der Waals surface area (Å²) in [4.78, 5) is 15.0. The Hall–Kier alpha value is -1.21. The van der Waals surface area contributed by atoms with Crippen molar-refractivity contribution in [2.45, 2.75) is 12.5 Å². The molecule has 0 aliphatic heterocycles. The number of hydrogen-bond donors (Lipinski definition) is 2. The highest BCUT2D eigenvalue weighted by Crippen LogP contribution is 2.17. The van der Waals surface area contributed by atoms with Crippen molar-refractivity contribution in [3.63, 3.8) is 0 Å². The fraction of sp³-hybridized carbons (Fsp3) is 0.333. The molecule has 0 saturated carbocycles. The van der Waals surface area contributed by atoms with Gasteiger partial charge in [0, 0.05) is 10.9 Å². The molecule has 19 heavy (non-hydrogen) atoms. The molecule has 0 spiro atoms. The molecule has 1 rings (SSSR count). The molecule has 0 aromatic heterocycles. The van der Waals surface area contributed by atoms with Crippen LogP contribution in [-0.4, -0.2) is 35.2 Å². The molecule has 0 radical (unpaired) electrons. The average molecular weight is 347 g/mol. The second-order valence-corrected chi connectivity index (χ2v) is 5.55. The van der Waals surface area contributed by atoms with Crippen LogP contribution in [0.25, 0.3) is 0 Å². The Labute approximate surface area is 124 Å². The zero-order valence-corrected chi connectivity index (χ0v) is 12.8. The number of rotatable bonds is 6. The number of halogens is 1. The van der Waals surface area contributed by atoms with Crippen molar-refractivity contribution in [1.82, 2.24) is 0 Å². The summed E-state index contributed by atoms with van der Waals surface area (Å²) in [5.74, 6) is -0.356. The third-order valence-corrected chi connectivity index (χ3v) is 3.36. The number of nitrogens with two attached hydrogens (primary N) is 1. The van der Waals surface area contributed by atoms with E-state index in [4.69, 9.17) is 15.6 Å². The number of carbonyl (C=O) groups is 1. The van der Waals surface area contributed by atoms with Gasteiger partial charge in [-0.25, -0.2) is 4.79 Å². The molecule has 0 fully saturated rings. The Bertz CT molecular complexity index is 451. The van der Waals surface area contributed by atoms with E-state index < -0.39 is 12.1 Å². The van der Waals surface area contributed by atoms with E-state index in [-0.39, 0.29) is 6.02 Å². The van der Waals surface area contributed by atoms with Gasteiger partial charge in [-0.3, -0.25) is 0 Å². The summed E-state index contributed by atoms with van der Waals surface area (Å²) in [6, 6.07) is 6.98. The number of aliphatic carboxylic acids is 1. The molecule has 1 aromatic carbocycles. The van der Waals surface area contributed by atoms with Crippen molar-refractivity contribution in [2.24, 2.45) is 10.7 Å². The molecule has 0 heterocycles. The van der Waals surface area contributed by atoms with E-state index >= 15 is 0 Å². The molecular formula is C12H15BrN2O3S. The molecule has 3 N–H and O–H groups in total. The Morgan fingerprint density at radius 3 is 2.68 bits per heavy atom. The molecule has 1 unspecified atom stereocenters. The van der Waals surface area contributed by atoms with Gasteiger partial charge in [0.05, 0.1) is 5.69 Å². The number of ether oxygens (including phenoxy) is 1. The van der Waals surface area contributed by atoms with Crippen molar-refractivity contribution in [2.75, 3.05) is 12.0 Å². The molecule has 5 nitrogen and oxygen atoms in total. The standard InChI is InChI=1S/C12H15BrN2O3S/c1-19-7-6-10(11(16)17)18-12(14)15-9-4-2-8(13)3-5-9/h2-5,10H,6-7H2,1H3,(H2,14,15)(H,16,17). The summed E-state index contributed by atoms with van der Waals surface area (Å²) in [7, 11) is 0. The van der Waals surface area contributed by atoms with Gasteiger partial charge in [-0.15, -0.1) is 0 Å². The van der Waals surface area contributed by atoms with E-state index in [1.807, 2.05) is 18.4 Å². The first kappa shape index (κ1) is 15.8. The minimum absolute atomic E-state index is 0.143. The highest BCUT2D eigenvalue weighted by molar-refractivity contribution is 9.10. The molecule has 0 amide bonds. The Kier molecular flexibility index (Phi) is 6.72. The molecular weight excluding hydrogens is 332 g/mol. The Balaban J connectivity index is 2.67. The van der Waals surface area contributed by atoms with Crippen molar-refractivity contribution in [3.8, 4) is 0 Å². The first-order valence-electron chi connectivity index (χ1n) is 5.51. The lowest BCUT2D eigenvalue weighted by atomic mass is 10.3. The predicted octanol–water partition coefficient (Wildman–Crippen LogP) is 2.62. The van der Waals surface area contributed by atoms with Crippen LogP contribution in [0.1, 0.15) is 6.42 Å². The van der Waals surface area contributed by atoms with Crippen molar-refractivity contribution < 1.29 is 14.6 Å². The van der Waals surface area contributed by atoms with Gasteiger partial charge in [0.2, 0.25) is 0 Å². The van der Waals surface area contributed by atoms with Crippen molar-refractivity contribution in [1.29, 1.82) is 0 Å². The van der Waals surface area contributed by atoms with Gasteiger partial charge in [0.1, 0.15) is 0 Å². The van der Waals surface area contributed by atoms with Crippen molar-refractivity contribution >= 4 is 45.4 Å². The maximum Gasteiger partial charge on any atom is 0.345 e.